The molecule has 0 aromatic heterocycles. The zero-order chi connectivity index (χ0) is 19.1. The highest BCUT2D eigenvalue weighted by Gasteiger charge is 2.28. The van der Waals surface area contributed by atoms with E-state index in [1.807, 2.05) is 20.8 Å². The Balaban J connectivity index is 2.05. The Bertz CT molecular complexity index is 607. The number of benzene rings is 1. The number of ether oxygens (including phenoxy) is 1. The molecule has 6 nitrogen and oxygen atoms in total. The Morgan fingerprint density at radius 1 is 1.35 bits per heavy atom. The van der Waals surface area contributed by atoms with Gasteiger partial charge < -0.3 is 19.9 Å². The molecule has 0 bridgehead atoms. The average Bonchev–Trinajstić information content (AvgIpc) is 2.61. The molecule has 1 atom stereocenters. The lowest BCUT2D eigenvalue weighted by Crippen LogP contribution is -2.53. The van der Waals surface area contributed by atoms with E-state index in [9.17, 15) is 14.0 Å². The minimum atomic E-state index is -0.370. The first-order chi connectivity index (χ1) is 12.4. The predicted octanol–water partition coefficient (Wildman–Crippen LogP) is 2.35. The summed E-state index contributed by atoms with van der Waals surface area (Å²) in [4.78, 5) is 28.3. The van der Waals surface area contributed by atoms with Crippen molar-refractivity contribution in [2.45, 2.75) is 26.9 Å². The van der Waals surface area contributed by atoms with E-state index in [-0.39, 0.29) is 29.8 Å². The number of carbonyl (C=O) groups is 2. The van der Waals surface area contributed by atoms with Crippen LogP contribution in [0.15, 0.2) is 24.3 Å². The molecule has 0 aliphatic carbocycles. The van der Waals surface area contributed by atoms with E-state index in [0.29, 0.717) is 44.9 Å². The van der Waals surface area contributed by atoms with Crippen LogP contribution in [0.3, 0.4) is 0 Å². The van der Waals surface area contributed by atoms with Crippen LogP contribution >= 0.6 is 0 Å². The van der Waals surface area contributed by atoms with Crippen molar-refractivity contribution in [2.24, 2.45) is 5.92 Å². The third-order valence-electron chi connectivity index (χ3n) is 4.14. The van der Waals surface area contributed by atoms with Crippen LogP contribution < -0.4 is 5.32 Å². The van der Waals surface area contributed by atoms with Crippen molar-refractivity contribution in [2.75, 3.05) is 39.3 Å². The predicted molar refractivity (Wildman–Crippen MR) is 97.5 cm³/mol. The second-order valence-electron chi connectivity index (χ2n) is 6.89. The van der Waals surface area contributed by atoms with Gasteiger partial charge in [-0.2, -0.15) is 0 Å². The van der Waals surface area contributed by atoms with Crippen molar-refractivity contribution < 1.29 is 18.7 Å². The number of carbonyl (C=O) groups excluding carboxylic acids is 2. The molecule has 1 fully saturated rings. The fourth-order valence-corrected chi connectivity index (χ4v) is 2.98. The van der Waals surface area contributed by atoms with Crippen LogP contribution in [0.5, 0.6) is 0 Å². The summed E-state index contributed by atoms with van der Waals surface area (Å²) in [6.07, 6.45) is -0.241. The molecule has 2 rings (SSSR count). The van der Waals surface area contributed by atoms with Crippen LogP contribution in [0.4, 0.5) is 9.18 Å². The van der Waals surface area contributed by atoms with Crippen LogP contribution in [-0.4, -0.2) is 67.2 Å². The van der Waals surface area contributed by atoms with E-state index < -0.39 is 0 Å². The quantitative estimate of drug-likeness (QED) is 0.842. The lowest BCUT2D eigenvalue weighted by Gasteiger charge is -2.36. The summed E-state index contributed by atoms with van der Waals surface area (Å²) in [5.74, 6) is -0.245. The lowest BCUT2D eigenvalue weighted by atomic mass is 10.1. The molecule has 0 unspecified atom stereocenters. The van der Waals surface area contributed by atoms with Gasteiger partial charge in [0, 0.05) is 31.7 Å². The van der Waals surface area contributed by atoms with E-state index in [2.05, 4.69) is 5.32 Å². The molecule has 7 heteroatoms. The first-order valence-corrected chi connectivity index (χ1v) is 9.10. The molecule has 1 aliphatic rings. The molecule has 1 heterocycles. The highest BCUT2D eigenvalue weighted by atomic mass is 19.1. The van der Waals surface area contributed by atoms with Gasteiger partial charge in [-0.3, -0.25) is 4.79 Å². The van der Waals surface area contributed by atoms with Gasteiger partial charge in [0.15, 0.2) is 0 Å². The molecule has 0 radical (unpaired) electrons. The minimum Gasteiger partial charge on any atom is -0.373 e. The molecule has 1 aromatic rings. The molecule has 1 N–H and O–H groups in total. The minimum absolute atomic E-state index is 0.110. The summed E-state index contributed by atoms with van der Waals surface area (Å²) < 4.78 is 18.9. The Hall–Kier alpha value is -2.15. The fourth-order valence-electron chi connectivity index (χ4n) is 2.98. The molecule has 1 aromatic carbocycles. The van der Waals surface area contributed by atoms with Crippen LogP contribution in [0, 0.1) is 11.7 Å². The summed E-state index contributed by atoms with van der Waals surface area (Å²) in [5, 5.41) is 2.79. The number of hydrogen-bond donors (Lipinski definition) is 1. The number of urea groups is 1. The van der Waals surface area contributed by atoms with Gasteiger partial charge in [0.2, 0.25) is 0 Å². The molecule has 1 saturated heterocycles. The van der Waals surface area contributed by atoms with Gasteiger partial charge in [0.05, 0.1) is 19.3 Å². The van der Waals surface area contributed by atoms with Crippen LogP contribution in [0.1, 0.15) is 31.1 Å². The summed E-state index contributed by atoms with van der Waals surface area (Å²) in [6.45, 7) is 8.91. The number of halogens is 1. The number of rotatable bonds is 6. The fraction of sp³-hybridized carbons (Fsp3) is 0.579. The van der Waals surface area contributed by atoms with E-state index in [4.69, 9.17) is 4.74 Å². The highest BCUT2D eigenvalue weighted by Crippen LogP contribution is 2.13. The molecular formula is C19H28FN3O3. The highest BCUT2D eigenvalue weighted by molar-refractivity contribution is 5.94. The number of nitrogens with one attached hydrogen (secondary N) is 1. The van der Waals surface area contributed by atoms with Gasteiger partial charge in [-0.15, -0.1) is 0 Å². The Morgan fingerprint density at radius 2 is 2.04 bits per heavy atom. The first-order valence-electron chi connectivity index (χ1n) is 9.10. The second-order valence-corrected chi connectivity index (χ2v) is 6.89. The average molecular weight is 365 g/mol. The summed E-state index contributed by atoms with van der Waals surface area (Å²) in [6, 6.07) is 5.45. The van der Waals surface area contributed by atoms with Gasteiger partial charge in [0.25, 0.3) is 5.91 Å². The summed E-state index contributed by atoms with van der Waals surface area (Å²) in [7, 11) is 0. The maximum Gasteiger partial charge on any atom is 0.317 e. The number of nitrogens with zero attached hydrogens (tertiary/aromatic N) is 2. The van der Waals surface area contributed by atoms with Crippen molar-refractivity contribution in [1.29, 1.82) is 0 Å². The molecule has 26 heavy (non-hydrogen) atoms. The molecule has 0 spiro atoms. The van der Waals surface area contributed by atoms with Crippen molar-refractivity contribution >= 4 is 11.9 Å². The Labute approximate surface area is 154 Å². The topological polar surface area (TPSA) is 61.9 Å². The van der Waals surface area contributed by atoms with Crippen molar-refractivity contribution in [3.8, 4) is 0 Å². The van der Waals surface area contributed by atoms with Crippen LogP contribution in [0.2, 0.25) is 0 Å². The monoisotopic (exact) mass is 365 g/mol. The van der Waals surface area contributed by atoms with Crippen molar-refractivity contribution in [3.63, 3.8) is 0 Å². The Kier molecular flexibility index (Phi) is 7.38. The third-order valence-corrected chi connectivity index (χ3v) is 4.14. The van der Waals surface area contributed by atoms with Gasteiger partial charge in [-0.25, -0.2) is 9.18 Å². The normalized spacial score (nSPS) is 17.3. The van der Waals surface area contributed by atoms with E-state index in [1.54, 1.807) is 9.80 Å². The summed E-state index contributed by atoms with van der Waals surface area (Å²) in [5.41, 5.74) is 0.448. The summed E-state index contributed by atoms with van der Waals surface area (Å²) >= 11 is 0. The number of morpholine rings is 1. The first kappa shape index (κ1) is 20.2. The van der Waals surface area contributed by atoms with Crippen LogP contribution in [0.25, 0.3) is 0 Å². The maximum atomic E-state index is 13.1. The largest absolute Gasteiger partial charge is 0.373 e. The lowest BCUT2D eigenvalue weighted by molar-refractivity contribution is -0.0286. The maximum absolute atomic E-state index is 13.1. The molecule has 144 valence electrons. The van der Waals surface area contributed by atoms with E-state index in [1.165, 1.54) is 24.3 Å². The second kappa shape index (κ2) is 9.52. The van der Waals surface area contributed by atoms with E-state index in [0.717, 1.165) is 0 Å². The standard InChI is InChI=1S/C19H28FN3O3/c1-4-21-19(25)22-9-10-26-17(12-22)13-23(11-14(2)3)18(24)15-5-7-16(20)8-6-15/h5-8,14,17H,4,9-13H2,1-3H3,(H,21,25)/t17-/m1/s1. The van der Waals surface area contributed by atoms with E-state index >= 15 is 0 Å². The smallest absolute Gasteiger partial charge is 0.317 e. The van der Waals surface area contributed by atoms with Gasteiger partial charge in [-0.05, 0) is 37.1 Å². The number of hydrogen-bond acceptors (Lipinski definition) is 3. The van der Waals surface area contributed by atoms with Crippen molar-refractivity contribution in [3.05, 3.63) is 35.6 Å². The number of amides is 3. The molecular weight excluding hydrogens is 337 g/mol. The van der Waals surface area contributed by atoms with Gasteiger partial charge >= 0.3 is 6.03 Å². The van der Waals surface area contributed by atoms with Crippen molar-refractivity contribution in [1.82, 2.24) is 15.1 Å². The van der Waals surface area contributed by atoms with Gasteiger partial charge in [-0.1, -0.05) is 13.8 Å². The zero-order valence-corrected chi connectivity index (χ0v) is 15.7. The Morgan fingerprint density at radius 3 is 2.65 bits per heavy atom. The zero-order valence-electron chi connectivity index (χ0n) is 15.7. The molecule has 1 aliphatic heterocycles. The third kappa shape index (κ3) is 5.69. The molecule has 0 saturated carbocycles. The van der Waals surface area contributed by atoms with Crippen LogP contribution in [-0.2, 0) is 4.74 Å². The SMILES string of the molecule is CCNC(=O)N1CCO[C@@H](CN(CC(C)C)C(=O)c2ccc(F)cc2)C1. The molecule has 3 amide bonds. The van der Waals surface area contributed by atoms with Gasteiger partial charge in [0.1, 0.15) is 5.82 Å².